The van der Waals surface area contributed by atoms with Crippen molar-refractivity contribution in [3.63, 3.8) is 0 Å². The smallest absolute Gasteiger partial charge is 0.0548 e. The third-order valence-corrected chi connectivity index (χ3v) is 4.23. The molecule has 0 aliphatic heterocycles. The van der Waals surface area contributed by atoms with Gasteiger partial charge in [0.05, 0.1) is 5.02 Å². The molecule has 0 saturated heterocycles. The van der Waals surface area contributed by atoms with Crippen LogP contribution in [0.2, 0.25) is 10.0 Å². The molecule has 2 N–H and O–H groups in total. The molecular formula is C14H13Cl2NS. The second kappa shape index (κ2) is 6.48. The van der Waals surface area contributed by atoms with Gasteiger partial charge in [0.25, 0.3) is 0 Å². The summed E-state index contributed by atoms with van der Waals surface area (Å²) in [6.07, 6.45) is 0.853. The van der Waals surface area contributed by atoms with Crippen LogP contribution in [-0.2, 0) is 6.42 Å². The molecule has 0 aromatic heterocycles. The molecule has 0 spiro atoms. The number of hydrogen-bond acceptors (Lipinski definition) is 2. The second-order valence-corrected chi connectivity index (χ2v) is 5.82. The number of nitrogens with two attached hydrogens (primary N) is 1. The highest BCUT2D eigenvalue weighted by molar-refractivity contribution is 7.99. The van der Waals surface area contributed by atoms with E-state index < -0.39 is 0 Å². The summed E-state index contributed by atoms with van der Waals surface area (Å²) >= 11 is 13.7. The van der Waals surface area contributed by atoms with E-state index in [1.807, 2.05) is 36.4 Å². The number of rotatable bonds is 4. The van der Waals surface area contributed by atoms with Gasteiger partial charge in [-0.2, -0.15) is 0 Å². The number of hydrogen-bond donors (Lipinski definition) is 1. The van der Waals surface area contributed by atoms with Gasteiger partial charge in [0.1, 0.15) is 0 Å². The highest BCUT2D eigenvalue weighted by Crippen LogP contribution is 2.34. The minimum absolute atomic E-state index is 0.639. The van der Waals surface area contributed by atoms with E-state index >= 15 is 0 Å². The first-order chi connectivity index (χ1) is 8.69. The molecule has 0 heterocycles. The predicted octanol–water partition coefficient (Wildman–Crippen LogP) is 4.65. The minimum Gasteiger partial charge on any atom is -0.330 e. The van der Waals surface area contributed by atoms with Gasteiger partial charge >= 0.3 is 0 Å². The molecule has 0 aliphatic rings. The van der Waals surface area contributed by atoms with Crippen molar-refractivity contribution in [2.75, 3.05) is 6.54 Å². The van der Waals surface area contributed by atoms with E-state index in [9.17, 15) is 0 Å². The lowest BCUT2D eigenvalue weighted by atomic mass is 10.1. The molecule has 2 aromatic carbocycles. The van der Waals surface area contributed by atoms with Crippen molar-refractivity contribution in [1.29, 1.82) is 0 Å². The zero-order valence-corrected chi connectivity index (χ0v) is 12.0. The monoisotopic (exact) mass is 297 g/mol. The highest BCUT2D eigenvalue weighted by Gasteiger charge is 2.04. The summed E-state index contributed by atoms with van der Waals surface area (Å²) in [4.78, 5) is 2.16. The van der Waals surface area contributed by atoms with Gasteiger partial charge in [0, 0.05) is 14.8 Å². The summed E-state index contributed by atoms with van der Waals surface area (Å²) in [5, 5.41) is 1.50. The van der Waals surface area contributed by atoms with E-state index in [-0.39, 0.29) is 0 Å². The summed E-state index contributed by atoms with van der Waals surface area (Å²) in [6, 6.07) is 13.8. The third kappa shape index (κ3) is 3.66. The van der Waals surface area contributed by atoms with E-state index in [0.717, 1.165) is 26.3 Å². The van der Waals surface area contributed by atoms with Crippen molar-refractivity contribution in [3.8, 4) is 0 Å². The van der Waals surface area contributed by atoms with Crippen LogP contribution in [0.5, 0.6) is 0 Å². The average Bonchev–Trinajstić information content (AvgIpc) is 2.36. The van der Waals surface area contributed by atoms with E-state index in [0.29, 0.717) is 6.54 Å². The highest BCUT2D eigenvalue weighted by atomic mass is 35.5. The average molecular weight is 298 g/mol. The Bertz CT molecular complexity index is 526. The Kier molecular flexibility index (Phi) is 4.95. The minimum atomic E-state index is 0.639. The molecule has 0 amide bonds. The number of halogens is 2. The quantitative estimate of drug-likeness (QED) is 0.889. The van der Waals surface area contributed by atoms with Crippen LogP contribution in [0.25, 0.3) is 0 Å². The maximum absolute atomic E-state index is 6.26. The van der Waals surface area contributed by atoms with Gasteiger partial charge < -0.3 is 5.73 Å². The van der Waals surface area contributed by atoms with Gasteiger partial charge in [-0.3, -0.25) is 0 Å². The van der Waals surface area contributed by atoms with Crippen LogP contribution in [0, 0.1) is 0 Å². The molecule has 94 valence electrons. The van der Waals surface area contributed by atoms with Gasteiger partial charge in [-0.05, 0) is 54.9 Å². The molecule has 0 fully saturated rings. The van der Waals surface area contributed by atoms with Crippen LogP contribution in [0.15, 0.2) is 52.3 Å². The summed E-state index contributed by atoms with van der Waals surface area (Å²) in [5.41, 5.74) is 6.70. The van der Waals surface area contributed by atoms with Gasteiger partial charge in [-0.1, -0.05) is 41.0 Å². The van der Waals surface area contributed by atoms with Crippen LogP contribution < -0.4 is 5.73 Å². The van der Waals surface area contributed by atoms with Crippen LogP contribution in [-0.4, -0.2) is 6.54 Å². The molecule has 0 atom stereocenters. The Balaban J connectivity index is 2.16. The molecule has 1 nitrogen and oxygen atoms in total. The first-order valence-electron chi connectivity index (χ1n) is 5.61. The zero-order chi connectivity index (χ0) is 13.0. The SMILES string of the molecule is NCCc1ccc(Sc2ccc(Cl)cc2)c(Cl)c1. The standard InChI is InChI=1S/C14H13Cl2NS/c15-11-2-4-12(5-3-11)18-14-6-1-10(7-8-17)9-13(14)16/h1-6,9H,7-8,17H2. The fourth-order valence-corrected chi connectivity index (χ4v) is 2.84. The van der Waals surface area contributed by atoms with E-state index in [4.69, 9.17) is 28.9 Å². The van der Waals surface area contributed by atoms with Gasteiger partial charge in [0.15, 0.2) is 0 Å². The summed E-state index contributed by atoms with van der Waals surface area (Å²) in [7, 11) is 0. The molecule has 0 aliphatic carbocycles. The van der Waals surface area contributed by atoms with Gasteiger partial charge in [0.2, 0.25) is 0 Å². The van der Waals surface area contributed by atoms with Crippen LogP contribution in [0.3, 0.4) is 0 Å². The Morgan fingerprint density at radius 1 is 1.00 bits per heavy atom. The van der Waals surface area contributed by atoms with Crippen molar-refractivity contribution in [3.05, 3.63) is 58.1 Å². The second-order valence-electron chi connectivity index (χ2n) is 3.86. The lowest BCUT2D eigenvalue weighted by Gasteiger charge is -2.06. The molecule has 18 heavy (non-hydrogen) atoms. The molecule has 0 saturated carbocycles. The van der Waals surface area contributed by atoms with E-state index in [1.54, 1.807) is 11.8 Å². The van der Waals surface area contributed by atoms with Crippen molar-refractivity contribution >= 4 is 35.0 Å². The molecule has 2 aromatic rings. The Labute approximate surface area is 121 Å². The maximum atomic E-state index is 6.26. The van der Waals surface area contributed by atoms with E-state index in [2.05, 4.69) is 6.07 Å². The molecular weight excluding hydrogens is 285 g/mol. The molecule has 0 bridgehead atoms. The normalized spacial score (nSPS) is 10.6. The van der Waals surface area contributed by atoms with Crippen LogP contribution in [0.1, 0.15) is 5.56 Å². The van der Waals surface area contributed by atoms with Crippen molar-refractivity contribution < 1.29 is 0 Å². The van der Waals surface area contributed by atoms with E-state index in [1.165, 1.54) is 5.56 Å². The predicted molar refractivity (Wildman–Crippen MR) is 79.8 cm³/mol. The fraction of sp³-hybridized carbons (Fsp3) is 0.143. The Hall–Kier alpha value is -0.670. The lowest BCUT2D eigenvalue weighted by molar-refractivity contribution is 0.966. The van der Waals surface area contributed by atoms with Crippen LogP contribution >= 0.6 is 35.0 Å². The van der Waals surface area contributed by atoms with Crippen molar-refractivity contribution in [2.45, 2.75) is 16.2 Å². The summed E-state index contributed by atoms with van der Waals surface area (Å²) < 4.78 is 0. The third-order valence-electron chi connectivity index (χ3n) is 2.47. The number of benzene rings is 2. The summed E-state index contributed by atoms with van der Waals surface area (Å²) in [5.74, 6) is 0. The zero-order valence-electron chi connectivity index (χ0n) is 9.70. The topological polar surface area (TPSA) is 26.0 Å². The van der Waals surface area contributed by atoms with Crippen molar-refractivity contribution in [2.24, 2.45) is 5.73 Å². The van der Waals surface area contributed by atoms with Crippen LogP contribution in [0.4, 0.5) is 0 Å². The molecule has 4 heteroatoms. The summed E-state index contributed by atoms with van der Waals surface area (Å²) in [6.45, 7) is 0.639. The maximum Gasteiger partial charge on any atom is 0.0548 e. The lowest BCUT2D eigenvalue weighted by Crippen LogP contribution is -2.02. The molecule has 0 radical (unpaired) electrons. The molecule has 2 rings (SSSR count). The molecule has 0 unspecified atom stereocenters. The Morgan fingerprint density at radius 3 is 2.33 bits per heavy atom. The van der Waals surface area contributed by atoms with Gasteiger partial charge in [-0.15, -0.1) is 0 Å². The Morgan fingerprint density at radius 2 is 1.72 bits per heavy atom. The fourth-order valence-electron chi connectivity index (χ4n) is 1.58. The first kappa shape index (κ1) is 13.8. The van der Waals surface area contributed by atoms with Crippen molar-refractivity contribution in [1.82, 2.24) is 0 Å². The largest absolute Gasteiger partial charge is 0.330 e. The first-order valence-corrected chi connectivity index (χ1v) is 7.18. The van der Waals surface area contributed by atoms with Gasteiger partial charge in [-0.25, -0.2) is 0 Å².